The number of ether oxygens (including phenoxy) is 1. The Balaban J connectivity index is 2.08. The Kier molecular flexibility index (Phi) is 3.53. The third kappa shape index (κ3) is 2.62. The molecule has 7 heteroatoms. The topological polar surface area (TPSA) is 103 Å². The zero-order chi connectivity index (χ0) is 13.2. The number of nitrogens with two attached hydrogens (primary N) is 1. The van der Waals surface area contributed by atoms with Gasteiger partial charge in [-0.3, -0.25) is 10.1 Å². The molecule has 1 amide bonds. The van der Waals surface area contributed by atoms with Gasteiger partial charge < -0.3 is 10.5 Å². The van der Waals surface area contributed by atoms with Crippen LogP contribution in [0, 0.1) is 13.8 Å². The highest BCUT2D eigenvalue weighted by Crippen LogP contribution is 2.19. The van der Waals surface area contributed by atoms with Gasteiger partial charge in [-0.25, -0.2) is 4.98 Å². The molecule has 0 bridgehead atoms. The predicted molar refractivity (Wildman–Crippen MR) is 64.9 cm³/mol. The van der Waals surface area contributed by atoms with Gasteiger partial charge in [0.2, 0.25) is 11.9 Å². The molecule has 1 fully saturated rings. The summed E-state index contributed by atoms with van der Waals surface area (Å²) in [7, 11) is 0. The molecule has 0 saturated carbocycles. The van der Waals surface area contributed by atoms with Crippen LogP contribution in [-0.4, -0.2) is 39.8 Å². The molecule has 98 valence electrons. The maximum Gasteiger partial charge on any atom is 0.249 e. The van der Waals surface area contributed by atoms with Crippen LogP contribution < -0.4 is 11.1 Å². The van der Waals surface area contributed by atoms with E-state index in [1.165, 1.54) is 0 Å². The van der Waals surface area contributed by atoms with Crippen molar-refractivity contribution in [1.82, 2.24) is 15.2 Å². The molecule has 0 aromatic carbocycles. The maximum absolute atomic E-state index is 12.1. The molecular weight excluding hydrogens is 234 g/mol. The normalized spacial score (nSPS) is 18.4. The number of amides is 1. The Morgan fingerprint density at radius 3 is 2.56 bits per heavy atom. The van der Waals surface area contributed by atoms with E-state index in [1.54, 1.807) is 0 Å². The van der Waals surface area contributed by atoms with Crippen molar-refractivity contribution in [3.63, 3.8) is 0 Å². The number of nitrogens with one attached hydrogen (secondary N) is 1. The minimum atomic E-state index is -0.902. The molecule has 0 unspecified atom stereocenters. The molecule has 1 aromatic heterocycles. The number of hydrogen-bond donors (Lipinski definition) is 2. The monoisotopic (exact) mass is 251 g/mol. The van der Waals surface area contributed by atoms with Crippen molar-refractivity contribution in [1.29, 1.82) is 0 Å². The zero-order valence-corrected chi connectivity index (χ0v) is 10.6. The molecule has 18 heavy (non-hydrogen) atoms. The van der Waals surface area contributed by atoms with E-state index in [4.69, 9.17) is 10.5 Å². The smallest absolute Gasteiger partial charge is 0.249 e. The fourth-order valence-electron chi connectivity index (χ4n) is 1.70. The number of aromatic nitrogens is 3. The summed E-state index contributed by atoms with van der Waals surface area (Å²) in [6.45, 7) is 4.61. The van der Waals surface area contributed by atoms with Crippen LogP contribution in [0.1, 0.15) is 24.2 Å². The first-order valence-corrected chi connectivity index (χ1v) is 5.87. The van der Waals surface area contributed by atoms with Crippen LogP contribution in [-0.2, 0) is 9.53 Å². The summed E-state index contributed by atoms with van der Waals surface area (Å²) in [5.41, 5.74) is 6.62. The number of carbonyl (C=O) groups excluding carboxylic acids is 1. The van der Waals surface area contributed by atoms with Gasteiger partial charge in [-0.15, -0.1) is 5.10 Å². The minimum absolute atomic E-state index is 0.194. The van der Waals surface area contributed by atoms with E-state index in [0.717, 1.165) is 11.4 Å². The van der Waals surface area contributed by atoms with Gasteiger partial charge >= 0.3 is 0 Å². The van der Waals surface area contributed by atoms with Gasteiger partial charge in [0.15, 0.2) is 0 Å². The molecule has 0 radical (unpaired) electrons. The Hall–Kier alpha value is -1.60. The highest BCUT2D eigenvalue weighted by atomic mass is 16.5. The maximum atomic E-state index is 12.1. The molecule has 0 aliphatic carbocycles. The first-order chi connectivity index (χ1) is 8.51. The van der Waals surface area contributed by atoms with Gasteiger partial charge in [0.05, 0.1) is 11.4 Å². The van der Waals surface area contributed by atoms with Gasteiger partial charge in [0, 0.05) is 13.2 Å². The van der Waals surface area contributed by atoms with Crippen molar-refractivity contribution in [2.75, 3.05) is 18.5 Å². The average Bonchev–Trinajstić information content (AvgIpc) is 2.35. The first-order valence-electron chi connectivity index (χ1n) is 5.87. The van der Waals surface area contributed by atoms with Gasteiger partial charge in [-0.1, -0.05) is 0 Å². The van der Waals surface area contributed by atoms with E-state index in [-0.39, 0.29) is 11.9 Å². The second-order valence-corrected chi connectivity index (χ2v) is 4.53. The number of hydrogen-bond acceptors (Lipinski definition) is 6. The molecule has 1 aromatic rings. The lowest BCUT2D eigenvalue weighted by Crippen LogP contribution is -2.54. The number of carbonyl (C=O) groups is 1. The Labute approximate surface area is 105 Å². The van der Waals surface area contributed by atoms with E-state index in [9.17, 15) is 4.79 Å². The van der Waals surface area contributed by atoms with Crippen LogP contribution in [0.4, 0.5) is 5.95 Å². The van der Waals surface area contributed by atoms with Crippen LogP contribution in [0.25, 0.3) is 0 Å². The summed E-state index contributed by atoms with van der Waals surface area (Å²) in [6.07, 6.45) is 0.994. The summed E-state index contributed by atoms with van der Waals surface area (Å²) in [5, 5.41) is 10.3. The van der Waals surface area contributed by atoms with Crippen LogP contribution in [0.5, 0.6) is 0 Å². The van der Waals surface area contributed by atoms with Crippen molar-refractivity contribution < 1.29 is 9.53 Å². The summed E-state index contributed by atoms with van der Waals surface area (Å²) >= 11 is 0. The van der Waals surface area contributed by atoms with Gasteiger partial charge in [-0.2, -0.15) is 5.10 Å². The largest absolute Gasteiger partial charge is 0.381 e. The lowest BCUT2D eigenvalue weighted by atomic mass is 9.90. The quantitative estimate of drug-likeness (QED) is 0.763. The van der Waals surface area contributed by atoms with Crippen LogP contribution in [0.3, 0.4) is 0 Å². The lowest BCUT2D eigenvalue weighted by molar-refractivity contribution is -0.124. The molecule has 0 spiro atoms. The summed E-state index contributed by atoms with van der Waals surface area (Å²) < 4.78 is 5.20. The van der Waals surface area contributed by atoms with E-state index >= 15 is 0 Å². The molecule has 1 aliphatic rings. The molecule has 0 atom stereocenters. The molecule has 2 heterocycles. The highest BCUT2D eigenvalue weighted by molar-refractivity contribution is 5.96. The van der Waals surface area contributed by atoms with Crippen LogP contribution in [0.15, 0.2) is 0 Å². The van der Waals surface area contributed by atoms with Crippen LogP contribution >= 0.6 is 0 Å². The summed E-state index contributed by atoms with van der Waals surface area (Å²) in [6, 6.07) is 0. The van der Waals surface area contributed by atoms with Crippen molar-refractivity contribution >= 4 is 11.9 Å². The zero-order valence-electron chi connectivity index (χ0n) is 10.6. The second kappa shape index (κ2) is 4.95. The number of anilines is 1. The summed E-state index contributed by atoms with van der Waals surface area (Å²) in [4.78, 5) is 16.2. The van der Waals surface area contributed by atoms with E-state index in [2.05, 4.69) is 20.5 Å². The molecule has 1 aliphatic heterocycles. The fourth-order valence-corrected chi connectivity index (χ4v) is 1.70. The molecule has 2 rings (SSSR count). The molecule has 7 nitrogen and oxygen atoms in total. The minimum Gasteiger partial charge on any atom is -0.381 e. The van der Waals surface area contributed by atoms with E-state index in [0.29, 0.717) is 26.1 Å². The van der Waals surface area contributed by atoms with Crippen molar-refractivity contribution in [3.8, 4) is 0 Å². The van der Waals surface area contributed by atoms with Crippen molar-refractivity contribution in [2.45, 2.75) is 32.2 Å². The second-order valence-electron chi connectivity index (χ2n) is 4.53. The van der Waals surface area contributed by atoms with Crippen molar-refractivity contribution in [2.24, 2.45) is 5.73 Å². The van der Waals surface area contributed by atoms with Gasteiger partial charge in [0.25, 0.3) is 0 Å². The lowest BCUT2D eigenvalue weighted by Gasteiger charge is -2.31. The summed E-state index contributed by atoms with van der Waals surface area (Å²) in [5.74, 6) is -0.0877. The predicted octanol–water partition coefficient (Wildman–Crippen LogP) is -0.0652. The molecule has 3 N–H and O–H groups in total. The van der Waals surface area contributed by atoms with Crippen molar-refractivity contribution in [3.05, 3.63) is 11.4 Å². The number of rotatable bonds is 2. The van der Waals surface area contributed by atoms with Gasteiger partial charge in [0.1, 0.15) is 5.54 Å². The average molecular weight is 251 g/mol. The Morgan fingerprint density at radius 2 is 1.94 bits per heavy atom. The standard InChI is InChI=1S/C11H17N5O2/c1-7-8(2)15-16-10(13-7)14-9(17)11(12)3-5-18-6-4-11/h3-6,12H2,1-2H3,(H,13,14,16,17). The number of aryl methyl sites for hydroxylation is 2. The Morgan fingerprint density at radius 1 is 1.28 bits per heavy atom. The van der Waals surface area contributed by atoms with Gasteiger partial charge in [-0.05, 0) is 26.7 Å². The third-order valence-corrected chi connectivity index (χ3v) is 3.15. The van der Waals surface area contributed by atoms with E-state index in [1.807, 2.05) is 13.8 Å². The molecular formula is C11H17N5O2. The van der Waals surface area contributed by atoms with Crippen LogP contribution in [0.2, 0.25) is 0 Å². The fraction of sp³-hybridized carbons (Fsp3) is 0.636. The number of nitrogens with zero attached hydrogens (tertiary/aromatic N) is 3. The first kappa shape index (κ1) is 12.8. The third-order valence-electron chi connectivity index (χ3n) is 3.15. The molecule has 1 saturated heterocycles. The highest BCUT2D eigenvalue weighted by Gasteiger charge is 2.36. The van der Waals surface area contributed by atoms with E-state index < -0.39 is 5.54 Å². The SMILES string of the molecule is Cc1nnc(NC(=O)C2(N)CCOCC2)nc1C. The Bertz CT molecular complexity index is 457.